The molecule has 1 aromatic heterocycles. The average Bonchev–Trinajstić information content (AvgIpc) is 3.16. The molecule has 0 aliphatic carbocycles. The van der Waals surface area contributed by atoms with Crippen LogP contribution in [0, 0.1) is 0 Å². The highest BCUT2D eigenvalue weighted by atomic mass is 79.9. The van der Waals surface area contributed by atoms with Gasteiger partial charge in [-0.15, -0.1) is 0 Å². The Hall–Kier alpha value is -2.66. The highest BCUT2D eigenvalue weighted by Gasteiger charge is 2.25. The summed E-state index contributed by atoms with van der Waals surface area (Å²) in [5.74, 6) is 0.970. The van der Waals surface area contributed by atoms with E-state index in [-0.39, 0.29) is 5.91 Å². The largest absolute Gasteiger partial charge is 0.496 e. The van der Waals surface area contributed by atoms with Gasteiger partial charge in [-0.25, -0.2) is 0 Å². The van der Waals surface area contributed by atoms with Gasteiger partial charge in [-0.1, -0.05) is 22.0 Å². The molecule has 5 heteroatoms. The number of fused-ring (bicyclic) bond motifs is 1. The van der Waals surface area contributed by atoms with Crippen molar-refractivity contribution in [3.05, 3.63) is 76.5 Å². The molecule has 1 aliphatic heterocycles. The van der Waals surface area contributed by atoms with Crippen molar-refractivity contribution >= 4 is 27.5 Å². The number of ether oxygens (including phenoxy) is 1. The van der Waals surface area contributed by atoms with Gasteiger partial charge in [0.25, 0.3) is 0 Å². The summed E-state index contributed by atoms with van der Waals surface area (Å²) in [5, 5.41) is 0. The van der Waals surface area contributed by atoms with Gasteiger partial charge in [0.1, 0.15) is 5.75 Å². The summed E-state index contributed by atoms with van der Waals surface area (Å²) in [6.45, 7) is 0.740. The van der Waals surface area contributed by atoms with Crippen LogP contribution < -0.4 is 9.64 Å². The number of pyridine rings is 1. The number of amides is 1. The molecular formula is C23H21BrN2O2. The fourth-order valence-corrected chi connectivity index (χ4v) is 4.11. The van der Waals surface area contributed by atoms with Crippen molar-refractivity contribution in [2.24, 2.45) is 0 Å². The van der Waals surface area contributed by atoms with E-state index in [9.17, 15) is 4.79 Å². The minimum atomic E-state index is 0.150. The number of aryl methyl sites for hydroxylation is 1. The summed E-state index contributed by atoms with van der Waals surface area (Å²) in [5.41, 5.74) is 5.60. The van der Waals surface area contributed by atoms with Gasteiger partial charge < -0.3 is 9.64 Å². The molecule has 4 rings (SSSR count). The Morgan fingerprint density at radius 2 is 1.93 bits per heavy atom. The second-order valence-corrected chi connectivity index (χ2v) is 7.75. The maximum atomic E-state index is 12.9. The Balaban J connectivity index is 1.49. The Morgan fingerprint density at radius 3 is 2.71 bits per heavy atom. The quantitative estimate of drug-likeness (QED) is 0.562. The molecular weight excluding hydrogens is 416 g/mol. The second-order valence-electron chi connectivity index (χ2n) is 6.83. The predicted octanol–water partition coefficient (Wildman–Crippen LogP) is 5.04. The van der Waals surface area contributed by atoms with Crippen molar-refractivity contribution in [3.8, 4) is 16.9 Å². The maximum absolute atomic E-state index is 12.9. The maximum Gasteiger partial charge on any atom is 0.227 e. The number of nitrogens with zero attached hydrogens (tertiary/aromatic N) is 2. The molecule has 0 bridgehead atoms. The number of carbonyl (C=O) groups excluding carboxylic acids is 1. The molecule has 4 nitrogen and oxygen atoms in total. The first-order chi connectivity index (χ1) is 13.7. The van der Waals surface area contributed by atoms with Crippen molar-refractivity contribution in [1.29, 1.82) is 0 Å². The molecule has 0 spiro atoms. The van der Waals surface area contributed by atoms with Crippen LogP contribution in [0.4, 0.5) is 5.69 Å². The average molecular weight is 437 g/mol. The molecule has 0 N–H and O–H groups in total. The van der Waals surface area contributed by atoms with Gasteiger partial charge in [-0.3, -0.25) is 9.78 Å². The highest BCUT2D eigenvalue weighted by Crippen LogP contribution is 2.33. The Morgan fingerprint density at radius 1 is 1.11 bits per heavy atom. The number of carbonyl (C=O) groups is 1. The predicted molar refractivity (Wildman–Crippen MR) is 115 cm³/mol. The number of hydrogen-bond acceptors (Lipinski definition) is 3. The molecule has 2 aromatic carbocycles. The Kier molecular flexibility index (Phi) is 5.44. The van der Waals surface area contributed by atoms with Crippen LogP contribution >= 0.6 is 15.9 Å². The summed E-state index contributed by atoms with van der Waals surface area (Å²) >= 11 is 3.49. The van der Waals surface area contributed by atoms with Crippen LogP contribution in [0.2, 0.25) is 0 Å². The van der Waals surface area contributed by atoms with Crippen molar-refractivity contribution < 1.29 is 9.53 Å². The first kappa shape index (κ1) is 18.7. The van der Waals surface area contributed by atoms with E-state index >= 15 is 0 Å². The van der Waals surface area contributed by atoms with E-state index in [1.807, 2.05) is 35.2 Å². The molecule has 0 atom stereocenters. The lowest BCUT2D eigenvalue weighted by molar-refractivity contribution is -0.118. The molecule has 0 saturated carbocycles. The first-order valence-electron chi connectivity index (χ1n) is 9.32. The van der Waals surface area contributed by atoms with Gasteiger partial charge in [0, 0.05) is 35.5 Å². The van der Waals surface area contributed by atoms with Crippen LogP contribution in [0.5, 0.6) is 5.75 Å². The van der Waals surface area contributed by atoms with Crippen LogP contribution in [-0.4, -0.2) is 24.5 Å². The fourth-order valence-electron chi connectivity index (χ4n) is 3.70. The summed E-state index contributed by atoms with van der Waals surface area (Å²) < 4.78 is 6.41. The molecule has 1 amide bonds. The highest BCUT2D eigenvalue weighted by molar-refractivity contribution is 9.10. The molecule has 1 aliphatic rings. The third kappa shape index (κ3) is 3.80. The number of methoxy groups -OCH3 is 1. The van der Waals surface area contributed by atoms with E-state index < -0.39 is 0 Å². The van der Waals surface area contributed by atoms with Crippen molar-refractivity contribution in [2.45, 2.75) is 19.3 Å². The van der Waals surface area contributed by atoms with Crippen molar-refractivity contribution in [1.82, 2.24) is 4.98 Å². The lowest BCUT2D eigenvalue weighted by atomic mass is 10.0. The molecule has 0 unspecified atom stereocenters. The molecule has 0 fully saturated rings. The minimum Gasteiger partial charge on any atom is -0.496 e. The Bertz CT molecular complexity index is 1000. The number of benzene rings is 2. The van der Waals surface area contributed by atoms with Crippen molar-refractivity contribution in [2.75, 3.05) is 18.6 Å². The van der Waals surface area contributed by atoms with E-state index in [0.29, 0.717) is 12.8 Å². The number of halogens is 1. The number of anilines is 1. The monoisotopic (exact) mass is 436 g/mol. The van der Waals surface area contributed by atoms with Crippen LogP contribution in [0.3, 0.4) is 0 Å². The van der Waals surface area contributed by atoms with Gasteiger partial charge in [-0.2, -0.15) is 0 Å². The van der Waals surface area contributed by atoms with Gasteiger partial charge in [-0.05, 0) is 77.6 Å². The zero-order valence-corrected chi connectivity index (χ0v) is 17.3. The standard InChI is InChI=1S/C23H21BrN2O2/c1-28-22-6-4-20(24)15-19(22)3-7-23(27)26-13-10-18-14-17(2-5-21(18)26)16-8-11-25-12-9-16/h2,4-6,8-9,11-12,14-15H,3,7,10,13H2,1H3. The third-order valence-electron chi connectivity index (χ3n) is 5.14. The molecule has 142 valence electrons. The van der Waals surface area contributed by atoms with Crippen LogP contribution in [0.15, 0.2) is 65.4 Å². The number of rotatable bonds is 5. The number of hydrogen-bond donors (Lipinski definition) is 0. The minimum absolute atomic E-state index is 0.150. The van der Waals surface area contributed by atoms with Crippen LogP contribution in [0.25, 0.3) is 11.1 Å². The molecule has 0 saturated heterocycles. The number of aromatic nitrogens is 1. The van der Waals surface area contributed by atoms with E-state index in [2.05, 4.69) is 39.1 Å². The van der Waals surface area contributed by atoms with Gasteiger partial charge in [0.2, 0.25) is 5.91 Å². The first-order valence-corrected chi connectivity index (χ1v) is 10.1. The smallest absolute Gasteiger partial charge is 0.227 e. The topological polar surface area (TPSA) is 42.4 Å². The molecule has 0 radical (unpaired) electrons. The third-order valence-corrected chi connectivity index (χ3v) is 5.63. The van der Waals surface area contributed by atoms with Gasteiger partial charge in [0.15, 0.2) is 0 Å². The van der Waals surface area contributed by atoms with Crippen LogP contribution in [-0.2, 0) is 17.6 Å². The van der Waals surface area contributed by atoms with Gasteiger partial charge >= 0.3 is 0 Å². The molecule has 2 heterocycles. The zero-order valence-electron chi connectivity index (χ0n) is 15.7. The van der Waals surface area contributed by atoms with E-state index in [1.54, 1.807) is 19.5 Å². The molecule has 28 heavy (non-hydrogen) atoms. The zero-order chi connectivity index (χ0) is 19.5. The van der Waals surface area contributed by atoms with E-state index in [4.69, 9.17) is 4.74 Å². The Labute approximate surface area is 173 Å². The van der Waals surface area contributed by atoms with Crippen molar-refractivity contribution in [3.63, 3.8) is 0 Å². The summed E-state index contributed by atoms with van der Waals surface area (Å²) in [6.07, 6.45) is 5.60. The normalized spacial score (nSPS) is 12.7. The summed E-state index contributed by atoms with van der Waals surface area (Å²) in [7, 11) is 1.66. The molecule has 3 aromatic rings. The fraction of sp³-hybridized carbons (Fsp3) is 0.217. The second kappa shape index (κ2) is 8.15. The summed E-state index contributed by atoms with van der Waals surface area (Å²) in [4.78, 5) is 18.9. The van der Waals surface area contributed by atoms with Crippen LogP contribution in [0.1, 0.15) is 17.5 Å². The van der Waals surface area contributed by atoms with Gasteiger partial charge in [0.05, 0.1) is 7.11 Å². The lowest BCUT2D eigenvalue weighted by Gasteiger charge is -2.18. The summed E-state index contributed by atoms with van der Waals surface area (Å²) in [6, 6.07) is 16.2. The SMILES string of the molecule is COc1ccc(Br)cc1CCC(=O)N1CCc2cc(-c3ccncc3)ccc21. The van der Waals surface area contributed by atoms with E-state index in [0.717, 1.165) is 45.6 Å². The lowest BCUT2D eigenvalue weighted by Crippen LogP contribution is -2.29. The van der Waals surface area contributed by atoms with E-state index in [1.165, 1.54) is 5.56 Å².